The van der Waals surface area contributed by atoms with Crippen LogP contribution in [-0.4, -0.2) is 32.7 Å². The van der Waals surface area contributed by atoms with Crippen molar-refractivity contribution in [2.24, 2.45) is 0 Å². The second-order valence-electron chi connectivity index (χ2n) is 5.28. The average Bonchev–Trinajstić information content (AvgIpc) is 2.62. The quantitative estimate of drug-likeness (QED) is 0.736. The summed E-state index contributed by atoms with van der Waals surface area (Å²) >= 11 is 0. The number of nitrogens with zero attached hydrogens (tertiary/aromatic N) is 1. The third-order valence-electron chi connectivity index (χ3n) is 3.69. The molecular formula is C18H22NO4S. The molecule has 0 fully saturated rings. The van der Waals surface area contributed by atoms with Gasteiger partial charge in [-0.2, -0.15) is 4.31 Å². The third-order valence-corrected chi connectivity index (χ3v) is 5.25. The van der Waals surface area contributed by atoms with Gasteiger partial charge in [0.2, 0.25) is 10.0 Å². The molecule has 2 rings (SSSR count). The monoisotopic (exact) mass is 348 g/mol. The average molecular weight is 348 g/mol. The van der Waals surface area contributed by atoms with Crippen molar-refractivity contribution in [3.05, 3.63) is 66.6 Å². The van der Waals surface area contributed by atoms with Gasteiger partial charge in [-0.15, -0.1) is 0 Å². The molecule has 129 valence electrons. The molecule has 0 aliphatic heterocycles. The number of benzene rings is 2. The smallest absolute Gasteiger partial charge is 0.214 e. The van der Waals surface area contributed by atoms with Gasteiger partial charge in [0.1, 0.15) is 11.5 Å². The van der Waals surface area contributed by atoms with E-state index in [9.17, 15) is 8.42 Å². The van der Waals surface area contributed by atoms with E-state index in [0.29, 0.717) is 0 Å². The summed E-state index contributed by atoms with van der Waals surface area (Å²) < 4.78 is 36.4. The Bertz CT molecular complexity index is 690. The Morgan fingerprint density at radius 1 is 0.833 bits per heavy atom. The Hall–Kier alpha value is -2.05. The minimum atomic E-state index is -3.43. The lowest BCUT2D eigenvalue weighted by molar-refractivity contribution is 0.399. The molecule has 0 heterocycles. The first-order valence-electron chi connectivity index (χ1n) is 7.51. The first-order valence-corrected chi connectivity index (χ1v) is 9.12. The predicted octanol–water partition coefficient (Wildman–Crippen LogP) is 2.87. The highest BCUT2D eigenvalue weighted by Gasteiger charge is 2.20. The van der Waals surface area contributed by atoms with Crippen molar-refractivity contribution in [2.45, 2.75) is 13.1 Å². The SMILES string of the molecule is [CH2]CS(=O)(=O)N(Cc1ccc(OC)cc1)Cc1ccc(OC)cc1. The molecule has 6 heteroatoms. The van der Waals surface area contributed by atoms with Crippen molar-refractivity contribution in [2.75, 3.05) is 20.0 Å². The van der Waals surface area contributed by atoms with Crippen LogP contribution >= 0.6 is 0 Å². The maximum absolute atomic E-state index is 12.4. The summed E-state index contributed by atoms with van der Waals surface area (Å²) in [5.74, 6) is 1.29. The van der Waals surface area contributed by atoms with Crippen molar-refractivity contribution in [1.82, 2.24) is 4.31 Å². The number of ether oxygens (including phenoxy) is 2. The highest BCUT2D eigenvalue weighted by Crippen LogP contribution is 2.19. The number of methoxy groups -OCH3 is 2. The molecule has 0 atom stereocenters. The summed E-state index contributed by atoms with van der Waals surface area (Å²) in [4.78, 5) is 0. The fourth-order valence-electron chi connectivity index (χ4n) is 2.25. The molecule has 0 aromatic heterocycles. The predicted molar refractivity (Wildman–Crippen MR) is 94.4 cm³/mol. The molecule has 0 spiro atoms. The van der Waals surface area contributed by atoms with Crippen molar-refractivity contribution < 1.29 is 17.9 Å². The van der Waals surface area contributed by atoms with E-state index >= 15 is 0 Å². The number of hydrogen-bond donors (Lipinski definition) is 0. The second kappa shape index (κ2) is 8.17. The minimum absolute atomic E-state index is 0.181. The molecule has 24 heavy (non-hydrogen) atoms. The summed E-state index contributed by atoms with van der Waals surface area (Å²) in [5.41, 5.74) is 1.78. The van der Waals surface area contributed by atoms with E-state index in [-0.39, 0.29) is 18.8 Å². The lowest BCUT2D eigenvalue weighted by Gasteiger charge is -2.22. The molecule has 1 radical (unpaired) electrons. The number of sulfonamides is 1. The van der Waals surface area contributed by atoms with Crippen molar-refractivity contribution >= 4 is 10.0 Å². The molecule has 0 N–H and O–H groups in total. The lowest BCUT2D eigenvalue weighted by atomic mass is 10.2. The highest BCUT2D eigenvalue weighted by atomic mass is 32.2. The lowest BCUT2D eigenvalue weighted by Crippen LogP contribution is -2.31. The summed E-state index contributed by atoms with van der Waals surface area (Å²) in [6.45, 7) is 4.12. The minimum Gasteiger partial charge on any atom is -0.497 e. The van der Waals surface area contributed by atoms with Crippen LogP contribution in [0.15, 0.2) is 48.5 Å². The van der Waals surface area contributed by atoms with Crippen LogP contribution in [0.1, 0.15) is 11.1 Å². The van der Waals surface area contributed by atoms with E-state index in [2.05, 4.69) is 6.92 Å². The largest absolute Gasteiger partial charge is 0.497 e. The Morgan fingerprint density at radius 3 is 1.50 bits per heavy atom. The van der Waals surface area contributed by atoms with Gasteiger partial charge >= 0.3 is 0 Å². The van der Waals surface area contributed by atoms with E-state index in [4.69, 9.17) is 9.47 Å². The zero-order valence-electron chi connectivity index (χ0n) is 13.9. The van der Waals surface area contributed by atoms with Gasteiger partial charge in [0, 0.05) is 13.1 Å². The zero-order valence-corrected chi connectivity index (χ0v) is 14.8. The molecule has 0 aliphatic carbocycles. The van der Waals surface area contributed by atoms with Gasteiger partial charge in [0.05, 0.1) is 20.0 Å². The number of rotatable bonds is 8. The van der Waals surface area contributed by atoms with Crippen LogP contribution in [-0.2, 0) is 23.1 Å². The summed E-state index contributed by atoms with van der Waals surface area (Å²) in [7, 11) is -0.237. The van der Waals surface area contributed by atoms with Gasteiger partial charge in [-0.1, -0.05) is 24.3 Å². The fraction of sp³-hybridized carbons (Fsp3) is 0.278. The van der Waals surface area contributed by atoms with Gasteiger partial charge in [-0.3, -0.25) is 0 Å². The Morgan fingerprint density at radius 2 is 1.21 bits per heavy atom. The molecular weight excluding hydrogens is 326 g/mol. The van der Waals surface area contributed by atoms with Crippen LogP contribution in [0.5, 0.6) is 11.5 Å². The topological polar surface area (TPSA) is 55.8 Å². The van der Waals surface area contributed by atoms with E-state index in [1.54, 1.807) is 14.2 Å². The van der Waals surface area contributed by atoms with E-state index < -0.39 is 10.0 Å². The van der Waals surface area contributed by atoms with Crippen molar-refractivity contribution in [1.29, 1.82) is 0 Å². The highest BCUT2D eigenvalue weighted by molar-refractivity contribution is 7.89. The first-order chi connectivity index (χ1) is 11.5. The Balaban J connectivity index is 2.20. The van der Waals surface area contributed by atoms with E-state index in [0.717, 1.165) is 22.6 Å². The van der Waals surface area contributed by atoms with Crippen molar-refractivity contribution in [3.8, 4) is 11.5 Å². The van der Waals surface area contributed by atoms with Crippen molar-refractivity contribution in [3.63, 3.8) is 0 Å². The van der Waals surface area contributed by atoms with Gasteiger partial charge in [-0.05, 0) is 42.3 Å². The van der Waals surface area contributed by atoms with Gasteiger partial charge in [-0.25, -0.2) is 8.42 Å². The maximum Gasteiger partial charge on any atom is 0.214 e. The Labute approximate surface area is 143 Å². The molecule has 0 saturated heterocycles. The second-order valence-corrected chi connectivity index (χ2v) is 7.37. The summed E-state index contributed by atoms with van der Waals surface area (Å²) in [6.07, 6.45) is 0. The molecule has 0 bridgehead atoms. The number of hydrogen-bond acceptors (Lipinski definition) is 4. The van der Waals surface area contributed by atoms with E-state index in [1.807, 2.05) is 48.5 Å². The van der Waals surface area contributed by atoms with Gasteiger partial charge in [0.15, 0.2) is 0 Å². The van der Waals surface area contributed by atoms with Crippen LogP contribution in [0.4, 0.5) is 0 Å². The molecule has 0 unspecified atom stereocenters. The van der Waals surface area contributed by atoms with Crippen LogP contribution < -0.4 is 9.47 Å². The molecule has 5 nitrogen and oxygen atoms in total. The molecule has 0 amide bonds. The van der Waals surface area contributed by atoms with E-state index in [1.165, 1.54) is 4.31 Å². The van der Waals surface area contributed by atoms with Gasteiger partial charge in [0.25, 0.3) is 0 Å². The van der Waals surface area contributed by atoms with Crippen LogP contribution in [0, 0.1) is 6.92 Å². The molecule has 2 aromatic rings. The summed E-state index contributed by atoms with van der Waals surface area (Å²) in [5, 5.41) is 0. The fourth-order valence-corrected chi connectivity index (χ4v) is 3.20. The standard InChI is InChI=1S/C18H22NO4S/c1-4-24(20,21)19(13-15-5-9-17(22-2)10-6-15)14-16-7-11-18(23-3)12-8-16/h5-12H,1,4,13-14H2,2-3H3. The van der Waals surface area contributed by atoms with Crippen LogP contribution in [0.25, 0.3) is 0 Å². The molecule has 0 saturated carbocycles. The molecule has 2 aromatic carbocycles. The normalized spacial score (nSPS) is 11.5. The first kappa shape index (κ1) is 18.3. The summed E-state index contributed by atoms with van der Waals surface area (Å²) in [6, 6.07) is 14.7. The van der Waals surface area contributed by atoms with Gasteiger partial charge < -0.3 is 9.47 Å². The zero-order chi connectivity index (χ0) is 17.6. The maximum atomic E-state index is 12.4. The molecule has 0 aliphatic rings. The van der Waals surface area contributed by atoms with Crippen LogP contribution in [0.3, 0.4) is 0 Å². The third kappa shape index (κ3) is 4.72. The van der Waals surface area contributed by atoms with Crippen LogP contribution in [0.2, 0.25) is 0 Å². The Kier molecular flexibility index (Phi) is 6.23.